The molecule has 10 aromatic carbocycles. The number of aromatic nitrogens is 3. The largest absolute Gasteiger partial charge is 0.494 e. The van der Waals surface area contributed by atoms with Gasteiger partial charge < -0.3 is 38.6 Å². The monoisotopic (exact) mass is 1860 g/mol. The summed E-state index contributed by atoms with van der Waals surface area (Å²) in [4.78, 5) is 16.4. The minimum absolute atomic E-state index is 0.0121. The van der Waals surface area contributed by atoms with E-state index >= 15 is 0 Å². The van der Waals surface area contributed by atoms with Crippen molar-refractivity contribution in [2.24, 2.45) is 0 Å². The van der Waals surface area contributed by atoms with Crippen molar-refractivity contribution < 1.29 is 28.4 Å². The number of benzene rings is 10. The van der Waals surface area contributed by atoms with Crippen molar-refractivity contribution in [2.45, 2.75) is 246 Å². The molecule has 0 saturated carbocycles. The van der Waals surface area contributed by atoms with Crippen LogP contribution in [0.25, 0.3) is 11.4 Å². The van der Waals surface area contributed by atoms with E-state index in [0.29, 0.717) is 44.4 Å². The smallest absolute Gasteiger partial charge is 0.149 e. The van der Waals surface area contributed by atoms with Gasteiger partial charge in [0.25, 0.3) is 0 Å². The Morgan fingerprint density at radius 3 is 0.943 bits per heavy atom. The normalized spacial score (nSPS) is 13.4. The first-order valence-electron chi connectivity index (χ1n) is 50.0. The molecule has 8 bridgehead atoms. The maximum absolute atomic E-state index is 6.33. The van der Waals surface area contributed by atoms with E-state index in [0.717, 1.165) is 94.1 Å². The molecule has 11 nitrogen and oxygen atoms in total. The molecule has 11 heteroatoms. The van der Waals surface area contributed by atoms with E-state index in [1.54, 1.807) is 0 Å². The van der Waals surface area contributed by atoms with Crippen LogP contribution in [0.2, 0.25) is 0 Å². The number of hydrogen-bond donors (Lipinski definition) is 1. The van der Waals surface area contributed by atoms with Crippen LogP contribution in [0, 0.1) is 47.4 Å². The number of pyridine rings is 3. The number of ether oxygens (including phenoxy) is 6. The summed E-state index contributed by atoms with van der Waals surface area (Å²) in [6.07, 6.45) is 9.74. The highest BCUT2D eigenvalue weighted by molar-refractivity contribution is 5.65. The number of nitrogens with one attached hydrogen (secondary N) is 1. The maximum atomic E-state index is 6.33. The van der Waals surface area contributed by atoms with Gasteiger partial charge in [0.1, 0.15) is 48.5 Å². The standard InChI is InChI=1S/C93H103N3O2.C36H42N2O4/c1-86(2,3)67-29-41-73(42-30-67)92(74-43-31-68(32-44-74)87(4,5)6,75-45-33-69(34-46-75)88(7,8)9)79-53-57-81(58-54-79)94-61-23-21-22-24-62-97-63-25-27-82-65-84(96(19)20)66-83(95-82)28-26-64-98-85-59-55-80(56-60-85)93(76-47-35-70(36-48-76)89(10,11)12,77-49-37-71(38-50-77)90(13,14)15)78-51-39-72(40-52-78)91(16,17)18;1-2-4-6-8-24-42-34-21-17-30(18-22-34)26-40-28-32-12-10-14-36(38-32)35-13-9-11-31(37-35)27-39-25-29-15-19-33(20-16-29)41-23-7-5-3-1/h29-60,65-66,94H,61-64H2,1-20H3;9-22H,1-8,23-28H2. The molecule has 7 heterocycles. The Balaban J connectivity index is 0.000000325. The van der Waals surface area contributed by atoms with E-state index in [-0.39, 0.29) is 52.3 Å². The number of hydrogen-bond acceptors (Lipinski definition) is 11. The zero-order chi connectivity index (χ0) is 99.6. The summed E-state index contributed by atoms with van der Waals surface area (Å²) in [5, 5.41) is 3.50. The van der Waals surface area contributed by atoms with Crippen molar-refractivity contribution in [1.29, 1.82) is 0 Å². The fourth-order valence-electron chi connectivity index (χ4n) is 17.7. The Morgan fingerprint density at radius 1 is 0.307 bits per heavy atom. The maximum Gasteiger partial charge on any atom is 0.149 e. The lowest BCUT2D eigenvalue weighted by Crippen LogP contribution is -2.31. The van der Waals surface area contributed by atoms with E-state index < -0.39 is 10.8 Å². The van der Waals surface area contributed by atoms with E-state index in [1.165, 1.54) is 111 Å². The van der Waals surface area contributed by atoms with Gasteiger partial charge in [0, 0.05) is 25.5 Å². The quantitative estimate of drug-likeness (QED) is 0.0602. The minimum atomic E-state index is -0.627. The zero-order valence-corrected chi connectivity index (χ0v) is 86.7. The summed E-state index contributed by atoms with van der Waals surface area (Å²) < 4.78 is 36.0. The molecule has 0 atom stereocenters. The first kappa shape index (κ1) is 104. The van der Waals surface area contributed by atoms with Crippen molar-refractivity contribution in [3.8, 4) is 76.0 Å². The third kappa shape index (κ3) is 28.5. The Hall–Kier alpha value is -13.2. The van der Waals surface area contributed by atoms with Crippen LogP contribution in [-0.2, 0) is 84.0 Å². The van der Waals surface area contributed by atoms with Crippen molar-refractivity contribution in [1.82, 2.24) is 15.0 Å². The highest BCUT2D eigenvalue weighted by atomic mass is 16.5. The van der Waals surface area contributed by atoms with Gasteiger partial charge in [-0.1, -0.05) is 393 Å². The van der Waals surface area contributed by atoms with E-state index in [2.05, 4.69) is 396 Å². The highest BCUT2D eigenvalue weighted by Gasteiger charge is 2.42. The molecule has 140 heavy (non-hydrogen) atoms. The van der Waals surface area contributed by atoms with E-state index in [9.17, 15) is 0 Å². The average Bonchev–Trinajstić information content (AvgIpc) is 0.730. The van der Waals surface area contributed by atoms with Crippen LogP contribution in [0.15, 0.2) is 291 Å². The molecule has 0 spiro atoms. The second-order valence-electron chi connectivity index (χ2n) is 43.2. The first-order valence-corrected chi connectivity index (χ1v) is 50.0. The fourth-order valence-corrected chi connectivity index (χ4v) is 17.7. The van der Waals surface area contributed by atoms with Gasteiger partial charge in [-0.05, 0) is 243 Å². The molecule has 13 aromatic rings. The van der Waals surface area contributed by atoms with E-state index in [1.807, 2.05) is 91.8 Å². The van der Waals surface area contributed by atoms with Crippen molar-refractivity contribution in [2.75, 3.05) is 63.9 Å². The van der Waals surface area contributed by atoms with Crippen LogP contribution in [0.5, 0.6) is 17.2 Å². The van der Waals surface area contributed by atoms with Gasteiger partial charge in [-0.25, -0.2) is 15.0 Å². The topological polar surface area (TPSA) is 109 Å². The van der Waals surface area contributed by atoms with Crippen LogP contribution in [0.4, 0.5) is 11.4 Å². The van der Waals surface area contributed by atoms with Crippen molar-refractivity contribution in [3.63, 3.8) is 0 Å². The fraction of sp³-hybridized carbons (Fsp3) is 0.357. The molecule has 4 aliphatic heterocycles. The molecule has 722 valence electrons. The predicted molar refractivity (Wildman–Crippen MR) is 580 cm³/mol. The molecule has 0 radical (unpaired) electrons. The molecule has 0 amide bonds. The third-order valence-corrected chi connectivity index (χ3v) is 26.1. The van der Waals surface area contributed by atoms with Gasteiger partial charge in [0.2, 0.25) is 0 Å². The molecule has 0 unspecified atom stereocenters. The SMILES string of the molecule is CN(C)c1cc(C#CCOCC#CC#CCNc2ccc(C(c3ccc(C(C)(C)C)cc3)(c3ccc(C(C)(C)C)cc3)c3ccc(C(C)(C)C)cc3)cc2)nc(C#CCOc2ccc(C(c3ccc(C(C)(C)C)cc3)(c3ccc(C(C)(C)C)cc3)c3ccc(C(C)(C)C)cc3)cc2)c1.c1cc2nc(c1)-c1cccc(n1)COCc1ccc(cc1)OCCCCCCCCCCOc1ccc(cc1)COC2. The average molecular weight is 1860 g/mol. The second kappa shape index (κ2) is 47.6. The van der Waals surface area contributed by atoms with E-state index in [4.69, 9.17) is 43.4 Å². The summed E-state index contributed by atoms with van der Waals surface area (Å²) in [5.74, 6) is 27.4. The lowest BCUT2D eigenvalue weighted by Gasteiger charge is -2.38. The number of nitrogens with zero attached hydrogens (tertiary/aromatic N) is 4. The van der Waals surface area contributed by atoms with Crippen LogP contribution >= 0.6 is 0 Å². The minimum Gasteiger partial charge on any atom is -0.494 e. The zero-order valence-electron chi connectivity index (χ0n) is 86.7. The lowest BCUT2D eigenvalue weighted by molar-refractivity contribution is 0.104. The molecule has 4 aliphatic rings. The molecule has 17 rings (SSSR count). The molecule has 0 saturated heterocycles. The molecular formula is C129H145N5O6. The third-order valence-electron chi connectivity index (χ3n) is 26.1. The van der Waals surface area contributed by atoms with Crippen molar-refractivity contribution in [3.05, 3.63) is 403 Å². The van der Waals surface area contributed by atoms with Gasteiger partial charge in [-0.3, -0.25) is 0 Å². The summed E-state index contributed by atoms with van der Waals surface area (Å²) >= 11 is 0. The van der Waals surface area contributed by atoms with Gasteiger partial charge in [-0.15, -0.1) is 0 Å². The first-order chi connectivity index (χ1) is 67.0. The van der Waals surface area contributed by atoms with Gasteiger partial charge in [-0.2, -0.15) is 0 Å². The van der Waals surface area contributed by atoms with Crippen LogP contribution < -0.4 is 24.4 Å². The number of rotatable bonds is 15. The van der Waals surface area contributed by atoms with Crippen molar-refractivity contribution >= 4 is 11.4 Å². The summed E-state index contributed by atoms with van der Waals surface area (Å²) in [6, 6.07) is 105. The molecular weight excluding hydrogens is 1720 g/mol. The molecule has 0 aliphatic carbocycles. The lowest BCUT2D eigenvalue weighted by atomic mass is 9.64. The Morgan fingerprint density at radius 2 is 0.607 bits per heavy atom. The predicted octanol–water partition coefficient (Wildman–Crippen LogP) is 29.1. The summed E-state index contributed by atoms with van der Waals surface area (Å²) in [7, 11) is 3.98. The Labute approximate surface area is 837 Å². The molecule has 0 fully saturated rings. The van der Waals surface area contributed by atoms with Crippen LogP contribution in [0.1, 0.15) is 288 Å². The Kier molecular flexibility index (Phi) is 35.4. The molecule has 3 aromatic heterocycles. The molecule has 1 N–H and O–H groups in total. The number of anilines is 2. The van der Waals surface area contributed by atoms with Crippen LogP contribution in [-0.4, -0.2) is 68.6 Å². The summed E-state index contributed by atoms with van der Waals surface area (Å²) in [6.45, 7) is 45.3. The van der Waals surface area contributed by atoms with Gasteiger partial charge >= 0.3 is 0 Å². The highest BCUT2D eigenvalue weighted by Crippen LogP contribution is 2.50. The van der Waals surface area contributed by atoms with Gasteiger partial charge in [0.15, 0.2) is 0 Å². The summed E-state index contributed by atoms with van der Waals surface area (Å²) in [5.41, 5.74) is 25.0. The van der Waals surface area contributed by atoms with Crippen LogP contribution in [0.3, 0.4) is 0 Å². The Bertz CT molecular complexity index is 6050. The van der Waals surface area contributed by atoms with Gasteiger partial charge in [0.05, 0.1) is 79.8 Å². The second-order valence-corrected chi connectivity index (χ2v) is 43.2.